The summed E-state index contributed by atoms with van der Waals surface area (Å²) in [7, 11) is 0. The summed E-state index contributed by atoms with van der Waals surface area (Å²) in [6.45, 7) is 2.67. The van der Waals surface area contributed by atoms with Gasteiger partial charge in [0.2, 0.25) is 0 Å². The van der Waals surface area contributed by atoms with Crippen molar-refractivity contribution in [3.8, 4) is 5.75 Å². The van der Waals surface area contributed by atoms with Gasteiger partial charge >= 0.3 is 0 Å². The van der Waals surface area contributed by atoms with Gasteiger partial charge < -0.3 is 14.4 Å². The summed E-state index contributed by atoms with van der Waals surface area (Å²) in [6.07, 6.45) is 4.27. The van der Waals surface area contributed by atoms with Crippen LogP contribution in [0.5, 0.6) is 5.75 Å². The Morgan fingerprint density at radius 3 is 2.78 bits per heavy atom. The van der Waals surface area contributed by atoms with E-state index < -0.39 is 6.10 Å². The summed E-state index contributed by atoms with van der Waals surface area (Å²) in [5.74, 6) is 2.35. The van der Waals surface area contributed by atoms with Crippen LogP contribution in [0.25, 0.3) is 11.0 Å². The number of aliphatic hydroxyl groups is 1. The van der Waals surface area contributed by atoms with Crippen molar-refractivity contribution < 1.29 is 9.84 Å². The monoisotopic (exact) mass is 384 g/mol. The molecule has 5 heteroatoms. The van der Waals surface area contributed by atoms with Crippen molar-refractivity contribution in [2.45, 2.75) is 51.2 Å². The zero-order valence-corrected chi connectivity index (χ0v) is 16.3. The Kier molecular flexibility index (Phi) is 5.37. The number of aliphatic hydroxyl groups excluding tert-OH is 1. The van der Waals surface area contributed by atoms with Crippen molar-refractivity contribution in [2.24, 2.45) is 0 Å². The average Bonchev–Trinajstić information content (AvgIpc) is 3.29. The third-order valence-electron chi connectivity index (χ3n) is 5.37. The number of hydrogen-bond donors (Lipinski definition) is 1. The Morgan fingerprint density at radius 1 is 1.22 bits per heavy atom. The van der Waals surface area contributed by atoms with Gasteiger partial charge in [0.15, 0.2) is 0 Å². The Bertz CT molecular complexity index is 931. The maximum atomic E-state index is 10.7. The molecule has 4 nitrogen and oxygen atoms in total. The predicted octanol–water partition coefficient (Wildman–Crippen LogP) is 5.10. The molecule has 0 bridgehead atoms. The molecule has 27 heavy (non-hydrogen) atoms. The van der Waals surface area contributed by atoms with Gasteiger partial charge in [-0.25, -0.2) is 4.98 Å². The molecule has 142 valence electrons. The van der Waals surface area contributed by atoms with Crippen LogP contribution in [0, 0.1) is 6.92 Å². The second-order valence-electron chi connectivity index (χ2n) is 7.43. The van der Waals surface area contributed by atoms with Gasteiger partial charge in [0.25, 0.3) is 0 Å². The molecule has 0 saturated heterocycles. The zero-order chi connectivity index (χ0) is 18.8. The van der Waals surface area contributed by atoms with Crippen LogP contribution in [0.4, 0.5) is 0 Å². The number of para-hydroxylation sites is 2. The van der Waals surface area contributed by atoms with E-state index in [1.807, 2.05) is 37.3 Å². The number of imidazole rings is 1. The molecule has 1 heterocycles. The molecular formula is C22H25ClN2O2. The SMILES string of the molecule is Cc1cc(Cl)ccc1OCC(O)Cn1c(C2CCCC2)nc2ccccc21. The molecule has 1 aliphatic rings. The second-order valence-corrected chi connectivity index (χ2v) is 7.86. The summed E-state index contributed by atoms with van der Waals surface area (Å²) in [4.78, 5) is 4.89. The first kappa shape index (κ1) is 18.3. The number of rotatable bonds is 6. The lowest BCUT2D eigenvalue weighted by Crippen LogP contribution is -2.25. The van der Waals surface area contributed by atoms with Gasteiger partial charge in [-0.05, 0) is 55.7 Å². The molecule has 3 aromatic rings. The third kappa shape index (κ3) is 3.97. The lowest BCUT2D eigenvalue weighted by molar-refractivity contribution is 0.0921. The smallest absolute Gasteiger partial charge is 0.122 e. The molecule has 1 unspecified atom stereocenters. The van der Waals surface area contributed by atoms with Gasteiger partial charge in [-0.2, -0.15) is 0 Å². The van der Waals surface area contributed by atoms with Crippen LogP contribution in [0.2, 0.25) is 5.02 Å². The number of aromatic nitrogens is 2. The zero-order valence-electron chi connectivity index (χ0n) is 15.6. The lowest BCUT2D eigenvalue weighted by atomic mass is 10.1. The highest BCUT2D eigenvalue weighted by atomic mass is 35.5. The highest BCUT2D eigenvalue weighted by Crippen LogP contribution is 2.35. The van der Waals surface area contributed by atoms with Crippen molar-refractivity contribution in [3.63, 3.8) is 0 Å². The van der Waals surface area contributed by atoms with E-state index >= 15 is 0 Å². The van der Waals surface area contributed by atoms with Gasteiger partial charge in [-0.15, -0.1) is 0 Å². The second kappa shape index (κ2) is 7.91. The van der Waals surface area contributed by atoms with E-state index in [0.29, 0.717) is 17.5 Å². The highest BCUT2D eigenvalue weighted by Gasteiger charge is 2.24. The van der Waals surface area contributed by atoms with Gasteiger partial charge in [-0.1, -0.05) is 36.6 Å². The fourth-order valence-electron chi connectivity index (χ4n) is 4.01. The van der Waals surface area contributed by atoms with Gasteiger partial charge in [0, 0.05) is 10.9 Å². The standard InChI is InChI=1S/C22H25ClN2O2/c1-15-12-17(23)10-11-21(15)27-14-18(26)13-25-20-9-5-4-8-19(20)24-22(25)16-6-2-3-7-16/h4-5,8-12,16,18,26H,2-3,6-7,13-14H2,1H3. The molecule has 1 N–H and O–H groups in total. The van der Waals surface area contributed by atoms with Crippen LogP contribution < -0.4 is 4.74 Å². The number of fused-ring (bicyclic) bond motifs is 1. The molecule has 0 amide bonds. The topological polar surface area (TPSA) is 47.3 Å². The normalized spacial score (nSPS) is 16.1. The molecule has 2 aromatic carbocycles. The lowest BCUT2D eigenvalue weighted by Gasteiger charge is -2.18. The number of hydrogen-bond acceptors (Lipinski definition) is 3. The molecule has 1 atom stereocenters. The van der Waals surface area contributed by atoms with E-state index in [1.165, 1.54) is 25.7 Å². The van der Waals surface area contributed by atoms with E-state index in [4.69, 9.17) is 21.3 Å². The molecular weight excluding hydrogens is 360 g/mol. The van der Waals surface area contributed by atoms with Crippen LogP contribution in [-0.4, -0.2) is 27.4 Å². The van der Waals surface area contributed by atoms with Crippen LogP contribution in [-0.2, 0) is 6.54 Å². The van der Waals surface area contributed by atoms with Crippen LogP contribution in [0.1, 0.15) is 43.0 Å². The minimum atomic E-state index is -0.613. The average molecular weight is 385 g/mol. The van der Waals surface area contributed by atoms with E-state index in [-0.39, 0.29) is 6.61 Å². The highest BCUT2D eigenvalue weighted by molar-refractivity contribution is 6.30. The maximum absolute atomic E-state index is 10.7. The van der Waals surface area contributed by atoms with Crippen molar-refractivity contribution in [1.82, 2.24) is 9.55 Å². The molecule has 0 spiro atoms. The molecule has 4 rings (SSSR count). The molecule has 1 aliphatic carbocycles. The maximum Gasteiger partial charge on any atom is 0.122 e. The van der Waals surface area contributed by atoms with Crippen LogP contribution in [0.3, 0.4) is 0 Å². The first-order chi connectivity index (χ1) is 13.1. The van der Waals surface area contributed by atoms with Crippen molar-refractivity contribution in [1.29, 1.82) is 0 Å². The Balaban J connectivity index is 1.52. The summed E-state index contributed by atoms with van der Waals surface area (Å²) in [6, 6.07) is 13.7. The Morgan fingerprint density at radius 2 is 2.00 bits per heavy atom. The van der Waals surface area contributed by atoms with Gasteiger partial charge in [0.05, 0.1) is 17.6 Å². The predicted molar refractivity (Wildman–Crippen MR) is 109 cm³/mol. The van der Waals surface area contributed by atoms with Crippen molar-refractivity contribution in [2.75, 3.05) is 6.61 Å². The summed E-state index contributed by atoms with van der Waals surface area (Å²) >= 11 is 5.99. The minimum Gasteiger partial charge on any atom is -0.491 e. The number of benzene rings is 2. The van der Waals surface area contributed by atoms with E-state index in [2.05, 4.69) is 10.6 Å². The summed E-state index contributed by atoms with van der Waals surface area (Å²) in [5.41, 5.74) is 3.05. The van der Waals surface area contributed by atoms with Crippen LogP contribution >= 0.6 is 11.6 Å². The number of aryl methyl sites for hydroxylation is 1. The molecule has 0 radical (unpaired) electrons. The minimum absolute atomic E-state index is 0.235. The Hall–Kier alpha value is -2.04. The summed E-state index contributed by atoms with van der Waals surface area (Å²) < 4.78 is 8.03. The quantitative estimate of drug-likeness (QED) is 0.643. The Labute approximate surface area is 164 Å². The summed E-state index contributed by atoms with van der Waals surface area (Å²) in [5, 5.41) is 11.3. The molecule has 1 aromatic heterocycles. The fraction of sp³-hybridized carbons (Fsp3) is 0.409. The first-order valence-electron chi connectivity index (χ1n) is 9.64. The van der Waals surface area contributed by atoms with Crippen molar-refractivity contribution in [3.05, 3.63) is 58.9 Å². The number of halogens is 1. The number of ether oxygens (including phenoxy) is 1. The molecule has 1 fully saturated rings. The van der Waals surface area contributed by atoms with Gasteiger partial charge in [0.1, 0.15) is 24.3 Å². The van der Waals surface area contributed by atoms with Gasteiger partial charge in [-0.3, -0.25) is 0 Å². The van der Waals surface area contributed by atoms with E-state index in [9.17, 15) is 5.11 Å². The van der Waals surface area contributed by atoms with Crippen LogP contribution in [0.15, 0.2) is 42.5 Å². The van der Waals surface area contributed by atoms with E-state index in [0.717, 1.165) is 28.2 Å². The first-order valence-corrected chi connectivity index (χ1v) is 10.0. The fourth-order valence-corrected chi connectivity index (χ4v) is 4.23. The van der Waals surface area contributed by atoms with Crippen molar-refractivity contribution >= 4 is 22.6 Å². The van der Waals surface area contributed by atoms with E-state index in [1.54, 1.807) is 6.07 Å². The largest absolute Gasteiger partial charge is 0.491 e. The molecule has 1 saturated carbocycles. The third-order valence-corrected chi connectivity index (χ3v) is 5.60. The number of nitrogens with zero attached hydrogens (tertiary/aromatic N) is 2. The molecule has 0 aliphatic heterocycles.